The molecule has 5 atom stereocenters. The molecule has 0 saturated heterocycles. The van der Waals surface area contributed by atoms with E-state index in [2.05, 4.69) is 87.6 Å². The molecule has 0 heterocycles. The lowest BCUT2D eigenvalue weighted by Crippen LogP contribution is -2.47. The van der Waals surface area contributed by atoms with Gasteiger partial charge in [-0.3, -0.25) is 9.79 Å². The number of rotatable bonds is 8. The Morgan fingerprint density at radius 1 is 1.12 bits per heavy atom. The summed E-state index contributed by atoms with van der Waals surface area (Å²) in [5.41, 5.74) is 3.15. The molecule has 3 fully saturated rings. The summed E-state index contributed by atoms with van der Waals surface area (Å²) in [5.74, 6) is 1.66. The molecule has 3 heteroatoms. The molecule has 1 aromatic rings. The third kappa shape index (κ3) is 3.80. The molecular formula is C31H42N2O. The molecule has 4 aliphatic carbocycles. The zero-order valence-corrected chi connectivity index (χ0v) is 21.5. The zero-order valence-electron chi connectivity index (χ0n) is 21.5. The minimum Gasteiger partial charge on any atom is -0.351 e. The Morgan fingerprint density at radius 2 is 1.88 bits per heavy atom. The Kier molecular flexibility index (Phi) is 6.11. The molecule has 0 spiro atoms. The fourth-order valence-electron chi connectivity index (χ4n) is 7.61. The van der Waals surface area contributed by atoms with Crippen LogP contribution in [0.2, 0.25) is 0 Å². The van der Waals surface area contributed by atoms with Crippen molar-refractivity contribution < 1.29 is 4.79 Å². The Bertz CT molecular complexity index is 1000. The highest BCUT2D eigenvalue weighted by molar-refractivity contribution is 6.00. The molecule has 0 aliphatic heterocycles. The van der Waals surface area contributed by atoms with Crippen molar-refractivity contribution in [1.82, 2.24) is 5.32 Å². The van der Waals surface area contributed by atoms with Gasteiger partial charge < -0.3 is 5.32 Å². The van der Waals surface area contributed by atoms with Crippen molar-refractivity contribution >= 4 is 11.6 Å². The average molecular weight is 459 g/mol. The van der Waals surface area contributed by atoms with Gasteiger partial charge in [-0.25, -0.2) is 0 Å². The first-order valence-corrected chi connectivity index (χ1v) is 13.5. The van der Waals surface area contributed by atoms with Crippen LogP contribution in [0.1, 0.15) is 78.2 Å². The first kappa shape index (κ1) is 23.6. The average Bonchev–Trinajstić information content (AvgIpc) is 3.59. The summed E-state index contributed by atoms with van der Waals surface area (Å²) in [6.07, 6.45) is 17.0. The van der Waals surface area contributed by atoms with Crippen LogP contribution in [0, 0.1) is 28.6 Å². The van der Waals surface area contributed by atoms with Crippen LogP contribution in [0.4, 0.5) is 0 Å². The minimum atomic E-state index is 0.0115. The quantitative estimate of drug-likeness (QED) is 0.435. The van der Waals surface area contributed by atoms with E-state index in [1.165, 1.54) is 24.1 Å². The number of carbonyl (C=O) groups excluding carboxylic acids is 1. The van der Waals surface area contributed by atoms with Crippen molar-refractivity contribution in [1.29, 1.82) is 0 Å². The van der Waals surface area contributed by atoms with Gasteiger partial charge >= 0.3 is 0 Å². The van der Waals surface area contributed by atoms with Crippen molar-refractivity contribution in [3.05, 3.63) is 60.2 Å². The summed E-state index contributed by atoms with van der Waals surface area (Å²) in [6.45, 7) is 9.74. The lowest BCUT2D eigenvalue weighted by Gasteiger charge is -2.39. The zero-order chi connectivity index (χ0) is 24.0. The summed E-state index contributed by atoms with van der Waals surface area (Å²) in [5, 5.41) is 3.44. The van der Waals surface area contributed by atoms with Crippen molar-refractivity contribution in [3.8, 4) is 0 Å². The van der Waals surface area contributed by atoms with Gasteiger partial charge in [-0.2, -0.15) is 0 Å². The molecule has 1 aromatic carbocycles. The van der Waals surface area contributed by atoms with Crippen LogP contribution >= 0.6 is 0 Å². The third-order valence-corrected chi connectivity index (χ3v) is 10.4. The number of hydrogen-bond donors (Lipinski definition) is 1. The molecule has 182 valence electrons. The van der Waals surface area contributed by atoms with Gasteiger partial charge in [0.2, 0.25) is 5.91 Å². The van der Waals surface area contributed by atoms with E-state index in [9.17, 15) is 4.79 Å². The minimum absolute atomic E-state index is 0.0115. The van der Waals surface area contributed by atoms with Crippen LogP contribution in [-0.2, 0) is 10.2 Å². The monoisotopic (exact) mass is 458 g/mol. The van der Waals surface area contributed by atoms with Gasteiger partial charge in [-0.15, -0.1) is 0 Å². The molecule has 0 radical (unpaired) electrons. The van der Waals surface area contributed by atoms with Crippen molar-refractivity contribution in [2.24, 2.45) is 33.6 Å². The summed E-state index contributed by atoms with van der Waals surface area (Å²) in [6, 6.07) is 11.2. The number of amides is 1. The van der Waals surface area contributed by atoms with Gasteiger partial charge in [0.1, 0.15) is 6.54 Å². The fraction of sp³-hybridized carbons (Fsp3) is 0.613. The molecule has 4 aliphatic rings. The standard InChI is InChI=1S/C31H42N2O/c1-5-25(22-12-8-6-9-13-22)28(31(18-19-31)23-14-10-7-11-15-23)32-21-27(34)33-26-20-24-16-17-30(26,4)29(24,2)3/h6-12,14-15,22,24-26H,5,13,16-21H2,1-4H3,(H,33,34)/b32-28+/t22?,24-,25?,26-,30+/m1/s1. The van der Waals surface area contributed by atoms with Gasteiger partial charge in [0, 0.05) is 23.1 Å². The van der Waals surface area contributed by atoms with E-state index in [1.54, 1.807) is 0 Å². The maximum absolute atomic E-state index is 13.3. The highest BCUT2D eigenvalue weighted by Gasteiger charge is 2.61. The third-order valence-electron chi connectivity index (χ3n) is 10.4. The van der Waals surface area contributed by atoms with Gasteiger partial charge in [-0.05, 0) is 73.2 Å². The number of aliphatic imine (C=N–C) groups is 1. The predicted molar refractivity (Wildman–Crippen MR) is 141 cm³/mol. The summed E-state index contributed by atoms with van der Waals surface area (Å²) in [7, 11) is 0. The van der Waals surface area contributed by atoms with E-state index in [-0.39, 0.29) is 29.3 Å². The van der Waals surface area contributed by atoms with E-state index in [4.69, 9.17) is 4.99 Å². The van der Waals surface area contributed by atoms with Crippen molar-refractivity contribution in [3.63, 3.8) is 0 Å². The molecule has 3 saturated carbocycles. The van der Waals surface area contributed by atoms with E-state index in [1.807, 2.05) is 0 Å². The van der Waals surface area contributed by atoms with E-state index < -0.39 is 0 Å². The van der Waals surface area contributed by atoms with Gasteiger partial charge in [0.15, 0.2) is 0 Å². The van der Waals surface area contributed by atoms with Crippen LogP contribution in [0.15, 0.2) is 59.6 Å². The molecule has 2 bridgehead atoms. The summed E-state index contributed by atoms with van der Waals surface area (Å²) >= 11 is 0. The van der Waals surface area contributed by atoms with Crippen LogP contribution in [0.3, 0.4) is 0 Å². The van der Waals surface area contributed by atoms with E-state index in [0.717, 1.165) is 38.0 Å². The second-order valence-electron chi connectivity index (χ2n) is 12.1. The molecular weight excluding hydrogens is 416 g/mol. The fourth-order valence-corrected chi connectivity index (χ4v) is 7.61. The van der Waals surface area contributed by atoms with E-state index >= 15 is 0 Å². The lowest BCUT2D eigenvalue weighted by atomic mass is 9.69. The maximum Gasteiger partial charge on any atom is 0.241 e. The number of benzene rings is 1. The van der Waals surface area contributed by atoms with Gasteiger partial charge in [0.05, 0.1) is 0 Å². The molecule has 1 amide bonds. The number of allylic oxidation sites excluding steroid dienone is 4. The number of nitrogens with zero attached hydrogens (tertiary/aromatic N) is 1. The highest BCUT2D eigenvalue weighted by atomic mass is 16.1. The smallest absolute Gasteiger partial charge is 0.241 e. The molecule has 2 unspecified atom stereocenters. The molecule has 0 aromatic heterocycles. The van der Waals surface area contributed by atoms with Crippen molar-refractivity contribution in [2.75, 3.05) is 6.54 Å². The van der Waals surface area contributed by atoms with Crippen LogP contribution in [0.25, 0.3) is 0 Å². The second-order valence-corrected chi connectivity index (χ2v) is 12.1. The topological polar surface area (TPSA) is 41.5 Å². The second kappa shape index (κ2) is 8.81. The Morgan fingerprint density at radius 3 is 2.44 bits per heavy atom. The first-order valence-electron chi connectivity index (χ1n) is 13.5. The van der Waals surface area contributed by atoms with Crippen LogP contribution in [0.5, 0.6) is 0 Å². The predicted octanol–water partition coefficient (Wildman–Crippen LogP) is 6.65. The van der Waals surface area contributed by atoms with Crippen LogP contribution in [-0.4, -0.2) is 24.2 Å². The highest BCUT2D eigenvalue weighted by Crippen LogP contribution is 2.65. The Labute approximate surface area is 206 Å². The normalized spacial score (nSPS) is 33.6. The number of nitrogens with one attached hydrogen (secondary N) is 1. The number of carbonyl (C=O) groups is 1. The van der Waals surface area contributed by atoms with Gasteiger partial charge in [0.25, 0.3) is 0 Å². The number of hydrogen-bond acceptors (Lipinski definition) is 2. The summed E-state index contributed by atoms with van der Waals surface area (Å²) in [4.78, 5) is 18.5. The SMILES string of the molecule is CCC(/C(=N\CC(=O)N[C@@H]1C[C@H]2CC[C@]1(C)C2(C)C)C1(c2ccccc2)CC1)C1C=CC=CC1. The van der Waals surface area contributed by atoms with Crippen LogP contribution < -0.4 is 5.32 Å². The Balaban J connectivity index is 1.38. The largest absolute Gasteiger partial charge is 0.351 e. The Hall–Kier alpha value is -2.16. The molecule has 5 rings (SSSR count). The molecule has 1 N–H and O–H groups in total. The molecule has 3 nitrogen and oxygen atoms in total. The summed E-state index contributed by atoms with van der Waals surface area (Å²) < 4.78 is 0. The number of fused-ring (bicyclic) bond motifs is 2. The van der Waals surface area contributed by atoms with Crippen molar-refractivity contribution in [2.45, 2.75) is 84.1 Å². The maximum atomic E-state index is 13.3. The van der Waals surface area contributed by atoms with E-state index in [0.29, 0.717) is 17.3 Å². The lowest BCUT2D eigenvalue weighted by molar-refractivity contribution is -0.121. The molecule has 34 heavy (non-hydrogen) atoms. The van der Waals surface area contributed by atoms with Gasteiger partial charge in [-0.1, -0.05) is 82.3 Å². The first-order chi connectivity index (χ1) is 16.3.